The van der Waals surface area contributed by atoms with Gasteiger partial charge in [-0.2, -0.15) is 0 Å². The molecule has 0 saturated carbocycles. The monoisotopic (exact) mass is 289 g/mol. The van der Waals surface area contributed by atoms with Crippen LogP contribution in [0.2, 0.25) is 0 Å². The van der Waals surface area contributed by atoms with E-state index < -0.39 is 0 Å². The number of nitrogens with one attached hydrogen (secondary N) is 1. The van der Waals surface area contributed by atoms with Gasteiger partial charge in [-0.05, 0) is 43.7 Å². The van der Waals surface area contributed by atoms with E-state index in [0.29, 0.717) is 5.92 Å². The van der Waals surface area contributed by atoms with Crippen molar-refractivity contribution in [2.45, 2.75) is 53.0 Å². The normalized spacial score (nSPS) is 19.8. The number of hydrogen-bond acceptors (Lipinski definition) is 3. The van der Waals surface area contributed by atoms with Crippen LogP contribution in [0.25, 0.3) is 0 Å². The molecule has 1 aromatic rings. The fourth-order valence-electron chi connectivity index (χ4n) is 3.17. The predicted molar refractivity (Wildman–Crippen MR) is 90.6 cm³/mol. The molecule has 1 saturated heterocycles. The first-order valence-corrected chi connectivity index (χ1v) is 8.59. The van der Waals surface area contributed by atoms with Crippen molar-refractivity contribution in [3.8, 4) is 0 Å². The third-order valence-corrected chi connectivity index (χ3v) is 4.51. The number of nitrogens with zero attached hydrogens (tertiary/aromatic N) is 2. The zero-order chi connectivity index (χ0) is 15.1. The van der Waals surface area contributed by atoms with Crippen LogP contribution in [0.3, 0.4) is 0 Å². The molecule has 1 N–H and O–H groups in total. The Morgan fingerprint density at radius 3 is 2.95 bits per heavy atom. The van der Waals surface area contributed by atoms with Gasteiger partial charge in [0.05, 0.1) is 0 Å². The molecule has 2 rings (SSSR count). The summed E-state index contributed by atoms with van der Waals surface area (Å²) in [5, 5.41) is 3.55. The van der Waals surface area contributed by atoms with Gasteiger partial charge in [0.15, 0.2) is 0 Å². The molecule has 1 aliphatic heterocycles. The van der Waals surface area contributed by atoms with Gasteiger partial charge in [0.2, 0.25) is 0 Å². The highest BCUT2D eigenvalue weighted by Crippen LogP contribution is 2.26. The van der Waals surface area contributed by atoms with E-state index in [1.165, 1.54) is 50.0 Å². The summed E-state index contributed by atoms with van der Waals surface area (Å²) >= 11 is 0. The van der Waals surface area contributed by atoms with E-state index in [1.807, 2.05) is 12.4 Å². The van der Waals surface area contributed by atoms with Crippen LogP contribution in [0, 0.1) is 11.8 Å². The minimum atomic E-state index is 0.689. The first-order chi connectivity index (χ1) is 10.2. The quantitative estimate of drug-likeness (QED) is 0.862. The molecule has 1 aromatic heterocycles. The molecule has 1 aliphatic rings. The first kappa shape index (κ1) is 16.3. The average Bonchev–Trinajstić information content (AvgIpc) is 2.73. The maximum atomic E-state index is 4.33. The van der Waals surface area contributed by atoms with Gasteiger partial charge in [0, 0.05) is 43.3 Å². The number of hydrogen-bond donors (Lipinski definition) is 1. The third kappa shape index (κ3) is 4.99. The van der Waals surface area contributed by atoms with Crippen LogP contribution in [0.5, 0.6) is 0 Å². The summed E-state index contributed by atoms with van der Waals surface area (Å²) in [6, 6.07) is 2.19. The van der Waals surface area contributed by atoms with Crippen molar-refractivity contribution < 1.29 is 0 Å². The molecule has 0 radical (unpaired) electrons. The molecule has 118 valence electrons. The second-order valence-electron chi connectivity index (χ2n) is 6.72. The van der Waals surface area contributed by atoms with Gasteiger partial charge in [0.25, 0.3) is 0 Å². The second-order valence-corrected chi connectivity index (χ2v) is 6.72. The van der Waals surface area contributed by atoms with Gasteiger partial charge in [-0.15, -0.1) is 0 Å². The molecule has 0 amide bonds. The highest BCUT2D eigenvalue weighted by molar-refractivity contribution is 5.52. The number of anilines is 1. The van der Waals surface area contributed by atoms with Gasteiger partial charge in [0.1, 0.15) is 0 Å². The van der Waals surface area contributed by atoms with Crippen LogP contribution in [0.15, 0.2) is 18.5 Å². The second kappa shape index (κ2) is 8.38. The largest absolute Gasteiger partial charge is 0.371 e. The maximum absolute atomic E-state index is 4.33. The minimum absolute atomic E-state index is 0.689. The van der Waals surface area contributed by atoms with E-state index in [9.17, 15) is 0 Å². The SMILES string of the molecule is CCC1CCCN(c2ccncc2CNCC(C)C)CC1. The zero-order valence-corrected chi connectivity index (χ0v) is 13.9. The Morgan fingerprint density at radius 1 is 1.33 bits per heavy atom. The summed E-state index contributed by atoms with van der Waals surface area (Å²) in [4.78, 5) is 6.90. The summed E-state index contributed by atoms with van der Waals surface area (Å²) in [5.41, 5.74) is 2.73. The standard InChI is InChI=1S/C18H31N3/c1-4-16-6-5-10-21(11-8-16)18-7-9-19-13-17(18)14-20-12-15(2)3/h7,9,13,15-16,20H,4-6,8,10-12,14H2,1-3H3. The smallest absolute Gasteiger partial charge is 0.0442 e. The van der Waals surface area contributed by atoms with Crippen molar-refractivity contribution in [3.05, 3.63) is 24.0 Å². The fourth-order valence-corrected chi connectivity index (χ4v) is 3.17. The lowest BCUT2D eigenvalue weighted by atomic mass is 9.98. The number of pyridine rings is 1. The summed E-state index contributed by atoms with van der Waals surface area (Å²) < 4.78 is 0. The Labute approximate surface area is 130 Å². The van der Waals surface area contributed by atoms with Crippen LogP contribution in [0.1, 0.15) is 52.0 Å². The lowest BCUT2D eigenvalue weighted by molar-refractivity contribution is 0.459. The summed E-state index contributed by atoms with van der Waals surface area (Å²) in [7, 11) is 0. The maximum Gasteiger partial charge on any atom is 0.0442 e. The molecule has 1 atom stereocenters. The van der Waals surface area contributed by atoms with Crippen LogP contribution in [0.4, 0.5) is 5.69 Å². The highest BCUT2D eigenvalue weighted by atomic mass is 15.1. The summed E-state index contributed by atoms with van der Waals surface area (Å²) in [6.07, 6.45) is 9.33. The molecule has 0 bridgehead atoms. The van der Waals surface area contributed by atoms with Crippen molar-refractivity contribution in [3.63, 3.8) is 0 Å². The molecule has 0 aromatic carbocycles. The molecule has 0 aliphatic carbocycles. The van der Waals surface area contributed by atoms with Gasteiger partial charge in [-0.25, -0.2) is 0 Å². The molecule has 2 heterocycles. The van der Waals surface area contributed by atoms with E-state index in [1.54, 1.807) is 0 Å². The molecule has 3 heteroatoms. The average molecular weight is 289 g/mol. The lowest BCUT2D eigenvalue weighted by Gasteiger charge is -2.25. The van der Waals surface area contributed by atoms with Crippen LogP contribution in [-0.2, 0) is 6.54 Å². The van der Waals surface area contributed by atoms with Crippen molar-refractivity contribution in [1.82, 2.24) is 10.3 Å². The molecule has 0 spiro atoms. The van der Waals surface area contributed by atoms with Crippen molar-refractivity contribution in [2.24, 2.45) is 11.8 Å². The molecular formula is C18H31N3. The van der Waals surface area contributed by atoms with E-state index in [0.717, 1.165) is 19.0 Å². The Kier molecular flexibility index (Phi) is 6.50. The van der Waals surface area contributed by atoms with E-state index >= 15 is 0 Å². The Hall–Kier alpha value is -1.09. The molecule has 1 fully saturated rings. The number of rotatable bonds is 6. The molecular weight excluding hydrogens is 258 g/mol. The molecule has 3 nitrogen and oxygen atoms in total. The van der Waals surface area contributed by atoms with Crippen molar-refractivity contribution in [1.29, 1.82) is 0 Å². The summed E-state index contributed by atoms with van der Waals surface area (Å²) in [5.74, 6) is 1.60. The highest BCUT2D eigenvalue weighted by Gasteiger charge is 2.17. The van der Waals surface area contributed by atoms with Crippen LogP contribution in [-0.4, -0.2) is 24.6 Å². The Bertz CT molecular complexity index is 417. The van der Waals surface area contributed by atoms with Crippen LogP contribution < -0.4 is 10.2 Å². The van der Waals surface area contributed by atoms with E-state index in [-0.39, 0.29) is 0 Å². The van der Waals surface area contributed by atoms with Gasteiger partial charge < -0.3 is 10.2 Å². The predicted octanol–water partition coefficient (Wildman–Crippen LogP) is 3.84. The zero-order valence-electron chi connectivity index (χ0n) is 13.9. The fraction of sp³-hybridized carbons (Fsp3) is 0.722. The van der Waals surface area contributed by atoms with Gasteiger partial charge in [-0.1, -0.05) is 27.2 Å². The van der Waals surface area contributed by atoms with E-state index in [2.05, 4.69) is 42.0 Å². The summed E-state index contributed by atoms with van der Waals surface area (Å²) in [6.45, 7) is 11.2. The number of aromatic nitrogens is 1. The lowest BCUT2D eigenvalue weighted by Crippen LogP contribution is -2.27. The minimum Gasteiger partial charge on any atom is -0.371 e. The van der Waals surface area contributed by atoms with Crippen LogP contribution >= 0.6 is 0 Å². The van der Waals surface area contributed by atoms with Crippen molar-refractivity contribution >= 4 is 5.69 Å². The third-order valence-electron chi connectivity index (χ3n) is 4.51. The first-order valence-electron chi connectivity index (χ1n) is 8.59. The molecule has 21 heavy (non-hydrogen) atoms. The van der Waals surface area contributed by atoms with Crippen molar-refractivity contribution in [2.75, 3.05) is 24.5 Å². The van der Waals surface area contributed by atoms with Gasteiger partial charge >= 0.3 is 0 Å². The van der Waals surface area contributed by atoms with Gasteiger partial charge in [-0.3, -0.25) is 4.98 Å². The van der Waals surface area contributed by atoms with E-state index in [4.69, 9.17) is 0 Å². The Balaban J connectivity index is 2.01. The molecule has 1 unspecified atom stereocenters. The Morgan fingerprint density at radius 2 is 2.19 bits per heavy atom. The topological polar surface area (TPSA) is 28.2 Å².